The van der Waals surface area contributed by atoms with Gasteiger partial charge in [-0.05, 0) is 72.5 Å². The predicted octanol–water partition coefficient (Wildman–Crippen LogP) is 5.10. The summed E-state index contributed by atoms with van der Waals surface area (Å²) in [7, 11) is 0. The maximum Gasteiger partial charge on any atom is 0.227 e. The summed E-state index contributed by atoms with van der Waals surface area (Å²) >= 11 is 9.16. The number of likely N-dealkylation sites (tertiary alicyclic amines) is 1. The number of alkyl halides is 1. The van der Waals surface area contributed by atoms with E-state index in [1.807, 2.05) is 24.3 Å². The van der Waals surface area contributed by atoms with Crippen molar-refractivity contribution in [2.45, 2.75) is 32.2 Å². The van der Waals surface area contributed by atoms with Crippen molar-refractivity contribution in [2.75, 3.05) is 25.6 Å². The molecule has 0 unspecified atom stereocenters. The molecule has 6 heteroatoms. The van der Waals surface area contributed by atoms with Crippen molar-refractivity contribution in [1.29, 1.82) is 0 Å². The lowest BCUT2D eigenvalue weighted by atomic mass is 10.1. The minimum atomic E-state index is 0.613. The summed E-state index contributed by atoms with van der Waals surface area (Å²) < 4.78 is 12.1. The number of hydrogen-bond acceptors (Lipinski definition) is 4. The van der Waals surface area contributed by atoms with Crippen LogP contribution in [-0.2, 0) is 6.54 Å². The van der Waals surface area contributed by atoms with Gasteiger partial charge in [0.25, 0.3) is 0 Å². The fourth-order valence-electron chi connectivity index (χ4n) is 2.82. The van der Waals surface area contributed by atoms with Crippen molar-refractivity contribution in [3.05, 3.63) is 34.6 Å². The molecule has 1 aromatic heterocycles. The predicted molar refractivity (Wildman–Crippen MR) is 99.6 cm³/mol. The molecule has 0 amide bonds. The Bertz CT molecular complexity index is 639. The Morgan fingerprint density at radius 1 is 1.17 bits per heavy atom. The van der Waals surface area contributed by atoms with Crippen LogP contribution < -0.4 is 4.74 Å². The SMILES string of the molecule is ClCCCOc1ccc(-c2nc(CN3CCCCC3)c(Br)o2)cc1. The van der Waals surface area contributed by atoms with Crippen molar-refractivity contribution in [3.8, 4) is 17.2 Å². The molecular weight excluding hydrogens is 392 g/mol. The maximum atomic E-state index is 5.80. The second-order valence-corrected chi connectivity index (χ2v) is 7.09. The lowest BCUT2D eigenvalue weighted by Crippen LogP contribution is -2.29. The standard InChI is InChI=1S/C18H22BrClN2O2/c19-17-16(13-22-10-2-1-3-11-22)21-18(24-17)14-5-7-15(8-6-14)23-12-4-9-20/h5-8H,1-4,9-13H2. The summed E-state index contributed by atoms with van der Waals surface area (Å²) in [5, 5.41) is 0. The van der Waals surface area contributed by atoms with Gasteiger partial charge in [-0.1, -0.05) is 6.42 Å². The molecule has 0 radical (unpaired) electrons. The summed E-state index contributed by atoms with van der Waals surface area (Å²) in [5.41, 5.74) is 1.92. The van der Waals surface area contributed by atoms with E-state index < -0.39 is 0 Å². The van der Waals surface area contributed by atoms with E-state index in [-0.39, 0.29) is 0 Å². The first kappa shape index (κ1) is 17.8. The Hall–Kier alpha value is -1.04. The number of aromatic nitrogens is 1. The maximum absolute atomic E-state index is 5.80. The summed E-state index contributed by atoms with van der Waals surface area (Å²) in [4.78, 5) is 7.10. The molecule has 0 N–H and O–H groups in total. The Labute approximate surface area is 156 Å². The van der Waals surface area contributed by atoms with E-state index in [1.165, 1.54) is 19.3 Å². The zero-order valence-corrected chi connectivity index (χ0v) is 16.0. The number of benzene rings is 1. The minimum Gasteiger partial charge on any atom is -0.494 e. The van der Waals surface area contributed by atoms with Crippen LogP contribution in [0.5, 0.6) is 5.75 Å². The molecule has 1 aliphatic rings. The Morgan fingerprint density at radius 3 is 2.62 bits per heavy atom. The van der Waals surface area contributed by atoms with Crippen LogP contribution in [0.2, 0.25) is 0 Å². The Kier molecular flexibility index (Phi) is 6.58. The average molecular weight is 414 g/mol. The van der Waals surface area contributed by atoms with E-state index in [9.17, 15) is 0 Å². The van der Waals surface area contributed by atoms with Gasteiger partial charge in [-0.25, -0.2) is 4.98 Å². The van der Waals surface area contributed by atoms with Gasteiger partial charge < -0.3 is 9.15 Å². The number of oxazole rings is 1. The third kappa shape index (κ3) is 4.74. The van der Waals surface area contributed by atoms with Gasteiger partial charge in [0.15, 0.2) is 4.67 Å². The molecule has 0 bridgehead atoms. The molecule has 1 saturated heterocycles. The van der Waals surface area contributed by atoms with Gasteiger partial charge in [0.2, 0.25) is 5.89 Å². The van der Waals surface area contributed by atoms with Gasteiger partial charge in [-0.2, -0.15) is 0 Å². The monoisotopic (exact) mass is 412 g/mol. The summed E-state index contributed by atoms with van der Waals surface area (Å²) in [5.74, 6) is 2.09. The molecule has 0 atom stereocenters. The molecule has 130 valence electrons. The van der Waals surface area contributed by atoms with Crippen LogP contribution >= 0.6 is 27.5 Å². The van der Waals surface area contributed by atoms with E-state index in [2.05, 4.69) is 25.8 Å². The second kappa shape index (κ2) is 8.88. The van der Waals surface area contributed by atoms with Gasteiger partial charge in [-0.3, -0.25) is 4.90 Å². The topological polar surface area (TPSA) is 38.5 Å². The molecule has 1 aromatic carbocycles. The van der Waals surface area contributed by atoms with E-state index in [4.69, 9.17) is 20.8 Å². The third-order valence-corrected chi connectivity index (χ3v) is 5.01. The van der Waals surface area contributed by atoms with Crippen LogP contribution in [0.15, 0.2) is 33.4 Å². The molecule has 24 heavy (non-hydrogen) atoms. The van der Waals surface area contributed by atoms with Crippen molar-refractivity contribution in [1.82, 2.24) is 9.88 Å². The fourth-order valence-corrected chi connectivity index (χ4v) is 3.30. The molecule has 0 aliphatic carbocycles. The lowest BCUT2D eigenvalue weighted by Gasteiger charge is -2.25. The van der Waals surface area contributed by atoms with E-state index in [0.717, 1.165) is 47.7 Å². The van der Waals surface area contributed by atoms with Gasteiger partial charge in [0.1, 0.15) is 11.4 Å². The number of nitrogens with zero attached hydrogens (tertiary/aromatic N) is 2. The number of halogens is 2. The third-order valence-electron chi connectivity index (χ3n) is 4.12. The largest absolute Gasteiger partial charge is 0.494 e. The van der Waals surface area contributed by atoms with Crippen molar-refractivity contribution in [2.24, 2.45) is 0 Å². The summed E-state index contributed by atoms with van der Waals surface area (Å²) in [6.07, 6.45) is 4.72. The van der Waals surface area contributed by atoms with Gasteiger partial charge in [-0.15, -0.1) is 11.6 Å². The second-order valence-electron chi connectivity index (χ2n) is 5.99. The first-order valence-corrected chi connectivity index (χ1v) is 9.76. The van der Waals surface area contributed by atoms with Crippen LogP contribution in [0.3, 0.4) is 0 Å². The smallest absolute Gasteiger partial charge is 0.227 e. The molecule has 1 aliphatic heterocycles. The molecule has 0 saturated carbocycles. The minimum absolute atomic E-state index is 0.613. The van der Waals surface area contributed by atoms with Crippen LogP contribution in [-0.4, -0.2) is 35.5 Å². The highest BCUT2D eigenvalue weighted by Crippen LogP contribution is 2.28. The average Bonchev–Trinajstić information content (AvgIpc) is 2.97. The van der Waals surface area contributed by atoms with E-state index in [1.54, 1.807) is 0 Å². The first-order chi connectivity index (χ1) is 11.8. The quantitative estimate of drug-likeness (QED) is 0.468. The van der Waals surface area contributed by atoms with E-state index >= 15 is 0 Å². The van der Waals surface area contributed by atoms with Crippen molar-refractivity contribution < 1.29 is 9.15 Å². The summed E-state index contributed by atoms with van der Waals surface area (Å²) in [6, 6.07) is 7.82. The van der Waals surface area contributed by atoms with Crippen LogP contribution in [0.25, 0.3) is 11.5 Å². The molecule has 0 spiro atoms. The number of rotatable bonds is 7. The molecule has 4 nitrogen and oxygen atoms in total. The van der Waals surface area contributed by atoms with Crippen molar-refractivity contribution >= 4 is 27.5 Å². The normalized spacial score (nSPS) is 15.6. The molecule has 2 heterocycles. The highest BCUT2D eigenvalue weighted by Gasteiger charge is 2.17. The lowest BCUT2D eigenvalue weighted by molar-refractivity contribution is 0.218. The first-order valence-electron chi connectivity index (χ1n) is 8.43. The Balaban J connectivity index is 1.65. The molecule has 1 fully saturated rings. The van der Waals surface area contributed by atoms with Crippen LogP contribution in [0.4, 0.5) is 0 Å². The highest BCUT2D eigenvalue weighted by atomic mass is 79.9. The van der Waals surface area contributed by atoms with Gasteiger partial charge in [0.05, 0.1) is 6.61 Å². The fraction of sp³-hybridized carbons (Fsp3) is 0.500. The molecular formula is C18H22BrClN2O2. The highest BCUT2D eigenvalue weighted by molar-refractivity contribution is 9.10. The zero-order chi connectivity index (χ0) is 16.8. The Morgan fingerprint density at radius 2 is 1.92 bits per heavy atom. The summed E-state index contributed by atoms with van der Waals surface area (Å²) in [6.45, 7) is 3.75. The number of ether oxygens (including phenoxy) is 1. The van der Waals surface area contributed by atoms with Crippen molar-refractivity contribution in [3.63, 3.8) is 0 Å². The van der Waals surface area contributed by atoms with Crippen LogP contribution in [0.1, 0.15) is 31.4 Å². The zero-order valence-electron chi connectivity index (χ0n) is 13.6. The molecule has 3 rings (SSSR count). The van der Waals surface area contributed by atoms with Gasteiger partial charge >= 0.3 is 0 Å². The number of hydrogen-bond donors (Lipinski definition) is 0. The van der Waals surface area contributed by atoms with Crippen LogP contribution in [0, 0.1) is 0 Å². The van der Waals surface area contributed by atoms with Gasteiger partial charge in [0, 0.05) is 18.0 Å². The molecule has 2 aromatic rings. The number of piperidine rings is 1. The van der Waals surface area contributed by atoms with E-state index in [0.29, 0.717) is 18.4 Å².